The zero-order chi connectivity index (χ0) is 22.2. The van der Waals surface area contributed by atoms with Crippen molar-refractivity contribution in [3.8, 4) is 11.5 Å². The maximum Gasteiger partial charge on any atom is 0.180 e. The van der Waals surface area contributed by atoms with E-state index in [1.807, 2.05) is 31.2 Å². The third-order valence-corrected chi connectivity index (χ3v) is 5.48. The van der Waals surface area contributed by atoms with Gasteiger partial charge in [-0.05, 0) is 61.3 Å². The Hall–Kier alpha value is -1.98. The van der Waals surface area contributed by atoms with Crippen LogP contribution in [0.2, 0.25) is 15.1 Å². The molecule has 0 amide bonds. The van der Waals surface area contributed by atoms with Crippen molar-refractivity contribution in [2.24, 2.45) is 0 Å². The number of ether oxygens (including phenoxy) is 2. The second-order valence-corrected chi connectivity index (χ2v) is 8.13. The second kappa shape index (κ2) is 11.6. The highest BCUT2D eigenvalue weighted by Gasteiger charge is 2.14. The lowest BCUT2D eigenvalue weighted by Crippen LogP contribution is -2.17. The highest BCUT2D eigenvalue weighted by atomic mass is 35.5. The van der Waals surface area contributed by atoms with Gasteiger partial charge in [-0.15, -0.1) is 0 Å². The molecule has 0 heterocycles. The van der Waals surface area contributed by atoms with Crippen molar-refractivity contribution >= 4 is 34.8 Å². The smallest absolute Gasteiger partial charge is 0.180 e. The Kier molecular flexibility index (Phi) is 8.85. The molecule has 164 valence electrons. The Labute approximate surface area is 197 Å². The summed E-state index contributed by atoms with van der Waals surface area (Å²) in [5, 5.41) is 4.85. The molecule has 0 saturated carbocycles. The summed E-state index contributed by atoms with van der Waals surface area (Å²) < 4.78 is 25.4. The van der Waals surface area contributed by atoms with Crippen molar-refractivity contribution < 1.29 is 13.9 Å². The van der Waals surface area contributed by atoms with Crippen LogP contribution in [0.15, 0.2) is 54.6 Å². The molecule has 3 rings (SSSR count). The average molecular weight is 483 g/mol. The van der Waals surface area contributed by atoms with Crippen molar-refractivity contribution in [2.75, 3.05) is 13.2 Å². The second-order valence-electron chi connectivity index (χ2n) is 6.88. The summed E-state index contributed by atoms with van der Waals surface area (Å²) in [5.74, 6) is 0.837. The fraction of sp³-hybridized carbons (Fsp3) is 0.250. The minimum absolute atomic E-state index is 0.187. The van der Waals surface area contributed by atoms with Crippen molar-refractivity contribution in [1.29, 1.82) is 0 Å². The van der Waals surface area contributed by atoms with Crippen molar-refractivity contribution in [3.05, 3.63) is 92.2 Å². The van der Waals surface area contributed by atoms with Crippen LogP contribution in [-0.4, -0.2) is 13.2 Å². The molecule has 0 aliphatic heterocycles. The van der Waals surface area contributed by atoms with Crippen LogP contribution in [0.4, 0.5) is 4.39 Å². The number of nitrogens with one attached hydrogen (secondary N) is 1. The molecule has 0 aliphatic carbocycles. The predicted molar refractivity (Wildman–Crippen MR) is 125 cm³/mol. The zero-order valence-electron chi connectivity index (χ0n) is 17.1. The molecule has 7 heteroatoms. The zero-order valence-corrected chi connectivity index (χ0v) is 19.3. The molecule has 0 radical (unpaired) electrons. The van der Waals surface area contributed by atoms with E-state index in [0.29, 0.717) is 58.2 Å². The van der Waals surface area contributed by atoms with E-state index in [0.717, 1.165) is 11.1 Å². The number of hydrogen-bond donors (Lipinski definition) is 1. The van der Waals surface area contributed by atoms with Gasteiger partial charge in [0.2, 0.25) is 0 Å². The van der Waals surface area contributed by atoms with Crippen molar-refractivity contribution in [2.45, 2.75) is 26.5 Å². The lowest BCUT2D eigenvalue weighted by molar-refractivity contribution is 0.269. The molecule has 0 unspecified atom stereocenters. The molecule has 0 spiro atoms. The minimum Gasteiger partial charge on any atom is -0.490 e. The molecule has 3 nitrogen and oxygen atoms in total. The molecule has 0 aromatic heterocycles. The number of hydrogen-bond acceptors (Lipinski definition) is 3. The standard InChI is InChI=1S/C24H23Cl3FNO2/c1-2-30-23-12-16(14-29-10-9-17-5-3-4-6-22(17)28)11-21(27)24(23)31-15-18-7-8-19(25)13-20(18)26/h3-8,11-13,29H,2,9-10,14-15H2,1H3. The number of rotatable bonds is 10. The van der Waals surface area contributed by atoms with Gasteiger partial charge in [0.05, 0.1) is 11.6 Å². The third-order valence-electron chi connectivity index (χ3n) is 4.61. The summed E-state index contributed by atoms with van der Waals surface area (Å²) in [5.41, 5.74) is 2.43. The minimum atomic E-state index is -0.187. The molecule has 3 aromatic rings. The van der Waals surface area contributed by atoms with Crippen LogP contribution >= 0.6 is 34.8 Å². The van der Waals surface area contributed by atoms with Gasteiger partial charge in [-0.1, -0.05) is 59.1 Å². The van der Waals surface area contributed by atoms with E-state index < -0.39 is 0 Å². The lowest BCUT2D eigenvalue weighted by atomic mass is 10.1. The van der Waals surface area contributed by atoms with E-state index in [1.165, 1.54) is 6.07 Å². The maximum absolute atomic E-state index is 13.7. The van der Waals surface area contributed by atoms with Crippen LogP contribution in [0.3, 0.4) is 0 Å². The van der Waals surface area contributed by atoms with E-state index in [4.69, 9.17) is 44.3 Å². The van der Waals surface area contributed by atoms with E-state index in [-0.39, 0.29) is 12.4 Å². The summed E-state index contributed by atoms with van der Waals surface area (Å²) in [7, 11) is 0. The number of benzene rings is 3. The van der Waals surface area contributed by atoms with Gasteiger partial charge in [0, 0.05) is 22.2 Å². The van der Waals surface area contributed by atoms with Gasteiger partial charge in [0.25, 0.3) is 0 Å². The van der Waals surface area contributed by atoms with Crippen LogP contribution in [0.25, 0.3) is 0 Å². The number of halogens is 4. The quantitative estimate of drug-likeness (QED) is 0.313. The monoisotopic (exact) mass is 481 g/mol. The van der Waals surface area contributed by atoms with E-state index in [9.17, 15) is 4.39 Å². The van der Waals surface area contributed by atoms with E-state index in [1.54, 1.807) is 24.3 Å². The van der Waals surface area contributed by atoms with Gasteiger partial charge in [-0.3, -0.25) is 0 Å². The first-order valence-corrected chi connectivity index (χ1v) is 11.1. The molecule has 0 saturated heterocycles. The Balaban J connectivity index is 1.64. The molecule has 31 heavy (non-hydrogen) atoms. The molecule has 0 bridgehead atoms. The van der Waals surface area contributed by atoms with Crippen LogP contribution in [0, 0.1) is 5.82 Å². The molecule has 0 fully saturated rings. The van der Waals surface area contributed by atoms with Crippen LogP contribution in [0.1, 0.15) is 23.6 Å². The van der Waals surface area contributed by atoms with Gasteiger partial charge >= 0.3 is 0 Å². The normalized spacial score (nSPS) is 10.9. The largest absolute Gasteiger partial charge is 0.490 e. The van der Waals surface area contributed by atoms with Crippen LogP contribution in [0.5, 0.6) is 11.5 Å². The molecule has 1 N–H and O–H groups in total. The van der Waals surface area contributed by atoms with Gasteiger partial charge in [-0.2, -0.15) is 0 Å². The Morgan fingerprint density at radius 3 is 2.45 bits per heavy atom. The first-order chi connectivity index (χ1) is 15.0. The fourth-order valence-corrected chi connectivity index (χ4v) is 3.82. The first-order valence-electron chi connectivity index (χ1n) is 9.94. The van der Waals surface area contributed by atoms with Gasteiger partial charge in [-0.25, -0.2) is 4.39 Å². The van der Waals surface area contributed by atoms with Crippen LogP contribution in [-0.2, 0) is 19.6 Å². The topological polar surface area (TPSA) is 30.5 Å². The lowest BCUT2D eigenvalue weighted by Gasteiger charge is -2.16. The Morgan fingerprint density at radius 1 is 0.903 bits per heavy atom. The summed E-state index contributed by atoms with van der Waals surface area (Å²) >= 11 is 18.7. The highest BCUT2D eigenvalue weighted by molar-refractivity contribution is 6.35. The average Bonchev–Trinajstić information content (AvgIpc) is 2.73. The van der Waals surface area contributed by atoms with Gasteiger partial charge < -0.3 is 14.8 Å². The van der Waals surface area contributed by atoms with Gasteiger partial charge in [0.15, 0.2) is 11.5 Å². The Morgan fingerprint density at radius 2 is 1.71 bits per heavy atom. The van der Waals surface area contributed by atoms with Crippen molar-refractivity contribution in [1.82, 2.24) is 5.32 Å². The fourth-order valence-electron chi connectivity index (χ4n) is 3.07. The van der Waals surface area contributed by atoms with E-state index in [2.05, 4.69) is 5.32 Å². The van der Waals surface area contributed by atoms with Crippen LogP contribution < -0.4 is 14.8 Å². The SMILES string of the molecule is CCOc1cc(CNCCc2ccccc2F)cc(Cl)c1OCc1ccc(Cl)cc1Cl. The van der Waals surface area contributed by atoms with Gasteiger partial charge in [0.1, 0.15) is 12.4 Å². The molecular formula is C24H23Cl3FNO2. The van der Waals surface area contributed by atoms with Crippen molar-refractivity contribution in [3.63, 3.8) is 0 Å². The molecule has 0 aliphatic rings. The first kappa shape index (κ1) is 23.7. The summed E-state index contributed by atoms with van der Waals surface area (Å²) in [4.78, 5) is 0. The Bertz CT molecular complexity index is 1030. The summed E-state index contributed by atoms with van der Waals surface area (Å²) in [6, 6.07) is 15.8. The molecule has 3 aromatic carbocycles. The maximum atomic E-state index is 13.7. The third kappa shape index (κ3) is 6.75. The highest BCUT2D eigenvalue weighted by Crippen LogP contribution is 2.37. The molecule has 0 atom stereocenters. The van der Waals surface area contributed by atoms with E-state index >= 15 is 0 Å². The summed E-state index contributed by atoms with van der Waals surface area (Å²) in [6.07, 6.45) is 0.599. The predicted octanol–water partition coefficient (Wildman–Crippen LogP) is 7.10. The summed E-state index contributed by atoms with van der Waals surface area (Å²) in [6.45, 7) is 3.80. The molecular weight excluding hydrogens is 460 g/mol.